The maximum atomic E-state index is 12.2. The summed E-state index contributed by atoms with van der Waals surface area (Å²) < 4.78 is 23.2. The van der Waals surface area contributed by atoms with Crippen LogP contribution in [0.3, 0.4) is 0 Å². The lowest BCUT2D eigenvalue weighted by molar-refractivity contribution is 0.0916. The van der Waals surface area contributed by atoms with Crippen molar-refractivity contribution in [3.8, 4) is 0 Å². The number of hydrogen-bond acceptors (Lipinski definition) is 4. The lowest BCUT2D eigenvalue weighted by Gasteiger charge is -2.20. The van der Waals surface area contributed by atoms with Gasteiger partial charge in [-0.1, -0.05) is 27.7 Å². The second-order valence-corrected chi connectivity index (χ2v) is 7.41. The van der Waals surface area contributed by atoms with Crippen LogP contribution in [0.1, 0.15) is 50.3 Å². The molecule has 0 aliphatic rings. The van der Waals surface area contributed by atoms with E-state index in [4.69, 9.17) is 10.7 Å². The Kier molecular flexibility index (Phi) is 5.59. The molecule has 1 rings (SSSR count). The maximum absolute atomic E-state index is 12.2. The van der Waals surface area contributed by atoms with Gasteiger partial charge >= 0.3 is 0 Å². The number of aryl methyl sites for hydroxylation is 1. The molecule has 0 fully saturated rings. The molecule has 0 aromatic carbocycles. The molecule has 114 valence electrons. The van der Waals surface area contributed by atoms with Crippen LogP contribution in [-0.2, 0) is 15.5 Å². The Morgan fingerprint density at radius 2 is 2.00 bits per heavy atom. The molecule has 1 heterocycles. The van der Waals surface area contributed by atoms with Crippen molar-refractivity contribution in [2.75, 3.05) is 0 Å². The van der Waals surface area contributed by atoms with E-state index < -0.39 is 15.0 Å². The summed E-state index contributed by atoms with van der Waals surface area (Å²) in [4.78, 5) is 12.0. The zero-order valence-electron chi connectivity index (χ0n) is 12.0. The van der Waals surface area contributed by atoms with Crippen molar-refractivity contribution in [1.82, 2.24) is 15.5 Å². The van der Waals surface area contributed by atoms with Gasteiger partial charge in [-0.15, -0.1) is 0 Å². The largest absolute Gasteiger partial charge is 0.348 e. The number of carbonyl (C=O) groups excluding carboxylic acids is 1. The van der Waals surface area contributed by atoms with Gasteiger partial charge in [-0.05, 0) is 18.8 Å². The molecule has 0 spiro atoms. The Labute approximate surface area is 123 Å². The topological polar surface area (TPSA) is 91.9 Å². The third-order valence-electron chi connectivity index (χ3n) is 3.17. The molecule has 0 radical (unpaired) electrons. The van der Waals surface area contributed by atoms with Crippen LogP contribution in [0.2, 0.25) is 0 Å². The average molecular weight is 322 g/mol. The number of rotatable bonds is 6. The molecule has 1 amide bonds. The van der Waals surface area contributed by atoms with Crippen LogP contribution in [-0.4, -0.2) is 30.6 Å². The van der Waals surface area contributed by atoms with Crippen molar-refractivity contribution in [3.63, 3.8) is 0 Å². The normalized spacial score (nSPS) is 13.5. The van der Waals surface area contributed by atoms with Gasteiger partial charge < -0.3 is 5.32 Å². The second kappa shape index (κ2) is 6.58. The van der Waals surface area contributed by atoms with Gasteiger partial charge in [-0.2, -0.15) is 5.10 Å². The Morgan fingerprint density at radius 1 is 1.40 bits per heavy atom. The van der Waals surface area contributed by atoms with Gasteiger partial charge in [0.1, 0.15) is 4.90 Å². The van der Waals surface area contributed by atoms with Crippen LogP contribution in [0.15, 0.2) is 4.90 Å². The van der Waals surface area contributed by atoms with Crippen molar-refractivity contribution in [2.45, 2.75) is 51.5 Å². The predicted octanol–water partition coefficient (Wildman–Crippen LogP) is 2.06. The molecule has 20 heavy (non-hydrogen) atoms. The first kappa shape index (κ1) is 17.0. The molecule has 1 unspecified atom stereocenters. The van der Waals surface area contributed by atoms with E-state index in [-0.39, 0.29) is 22.5 Å². The molecule has 8 heteroatoms. The molecule has 2 N–H and O–H groups in total. The number of halogens is 1. The lowest BCUT2D eigenvalue weighted by Crippen LogP contribution is -2.38. The van der Waals surface area contributed by atoms with Crippen LogP contribution >= 0.6 is 10.7 Å². The first-order valence-electron chi connectivity index (χ1n) is 6.55. The summed E-state index contributed by atoms with van der Waals surface area (Å²) in [6.45, 7) is 7.67. The fraction of sp³-hybridized carbons (Fsp3) is 0.667. The second-order valence-electron chi connectivity index (χ2n) is 4.90. The summed E-state index contributed by atoms with van der Waals surface area (Å²) in [5.41, 5.74) is 0.165. The molecule has 0 aliphatic carbocycles. The monoisotopic (exact) mass is 321 g/mol. The van der Waals surface area contributed by atoms with Gasteiger partial charge in [0.05, 0.1) is 5.69 Å². The summed E-state index contributed by atoms with van der Waals surface area (Å²) in [6, 6.07) is -0.0462. The van der Waals surface area contributed by atoms with E-state index in [9.17, 15) is 13.2 Å². The number of hydrogen-bond donors (Lipinski definition) is 2. The number of amides is 1. The summed E-state index contributed by atoms with van der Waals surface area (Å²) in [5.74, 6) is -0.287. The van der Waals surface area contributed by atoms with Crippen molar-refractivity contribution in [1.29, 1.82) is 0 Å². The van der Waals surface area contributed by atoms with E-state index in [2.05, 4.69) is 15.5 Å². The molecule has 1 atom stereocenters. The number of H-pyrrole nitrogens is 1. The van der Waals surface area contributed by atoms with E-state index in [0.717, 1.165) is 6.42 Å². The molecule has 1 aromatic rings. The highest BCUT2D eigenvalue weighted by atomic mass is 35.7. The van der Waals surface area contributed by atoms with Crippen molar-refractivity contribution >= 4 is 25.6 Å². The summed E-state index contributed by atoms with van der Waals surface area (Å²) >= 11 is 0. The van der Waals surface area contributed by atoms with Gasteiger partial charge in [0, 0.05) is 16.7 Å². The summed E-state index contributed by atoms with van der Waals surface area (Å²) in [7, 11) is 1.38. The minimum Gasteiger partial charge on any atom is -0.348 e. The molecule has 6 nitrogen and oxygen atoms in total. The SMILES string of the molecule is CCc1[nH]nc(C(=O)NC(CC)C(C)C)c1S(=O)(=O)Cl. The Balaban J connectivity index is 3.15. The molecule has 0 saturated carbocycles. The first-order valence-corrected chi connectivity index (χ1v) is 8.86. The van der Waals surface area contributed by atoms with Gasteiger partial charge in [0.15, 0.2) is 5.69 Å². The minimum atomic E-state index is -4.02. The highest BCUT2D eigenvalue weighted by molar-refractivity contribution is 8.13. The smallest absolute Gasteiger partial charge is 0.273 e. The van der Waals surface area contributed by atoms with Crippen LogP contribution in [0.25, 0.3) is 0 Å². The quantitative estimate of drug-likeness (QED) is 0.784. The average Bonchev–Trinajstić information content (AvgIpc) is 2.78. The van der Waals surface area contributed by atoms with E-state index in [1.165, 1.54) is 0 Å². The molecule has 0 aliphatic heterocycles. The number of aromatic amines is 1. The predicted molar refractivity (Wildman–Crippen MR) is 77.4 cm³/mol. The van der Waals surface area contributed by atoms with Crippen LogP contribution in [0, 0.1) is 5.92 Å². The summed E-state index contributed by atoms with van der Waals surface area (Å²) in [6.07, 6.45) is 1.14. The molecular formula is C12H20ClN3O3S. The van der Waals surface area contributed by atoms with Gasteiger partial charge in [0.2, 0.25) is 0 Å². The summed E-state index contributed by atoms with van der Waals surface area (Å²) in [5, 5.41) is 9.14. The highest BCUT2D eigenvalue weighted by Crippen LogP contribution is 2.23. The van der Waals surface area contributed by atoms with E-state index >= 15 is 0 Å². The van der Waals surface area contributed by atoms with Crippen molar-refractivity contribution in [2.24, 2.45) is 5.92 Å². The number of carbonyl (C=O) groups is 1. The molecule has 1 aromatic heterocycles. The van der Waals surface area contributed by atoms with Gasteiger partial charge in [0.25, 0.3) is 15.0 Å². The number of nitrogens with zero attached hydrogens (tertiary/aromatic N) is 1. The third kappa shape index (κ3) is 3.73. The van der Waals surface area contributed by atoms with Crippen LogP contribution in [0.4, 0.5) is 0 Å². The van der Waals surface area contributed by atoms with Crippen molar-refractivity contribution in [3.05, 3.63) is 11.4 Å². The number of aromatic nitrogens is 2. The first-order chi connectivity index (χ1) is 9.22. The standard InChI is InChI=1S/C12H20ClN3O3S/c1-5-8(7(3)4)14-12(17)10-11(20(13,18)19)9(6-2)15-16-10/h7-8H,5-6H2,1-4H3,(H,14,17)(H,15,16). The Hall–Kier alpha value is -1.08. The van der Waals surface area contributed by atoms with Gasteiger partial charge in [-0.3, -0.25) is 9.89 Å². The number of nitrogens with one attached hydrogen (secondary N) is 2. The highest BCUT2D eigenvalue weighted by Gasteiger charge is 2.29. The zero-order chi connectivity index (χ0) is 15.5. The lowest BCUT2D eigenvalue weighted by atomic mass is 10.0. The fourth-order valence-corrected chi connectivity index (χ4v) is 3.35. The van der Waals surface area contributed by atoms with Crippen LogP contribution in [0.5, 0.6) is 0 Å². The Morgan fingerprint density at radius 3 is 2.40 bits per heavy atom. The zero-order valence-corrected chi connectivity index (χ0v) is 13.6. The van der Waals surface area contributed by atoms with E-state index in [1.807, 2.05) is 20.8 Å². The third-order valence-corrected chi connectivity index (χ3v) is 4.56. The molecular weight excluding hydrogens is 302 g/mol. The van der Waals surface area contributed by atoms with E-state index in [0.29, 0.717) is 12.1 Å². The Bertz CT molecular complexity index is 581. The van der Waals surface area contributed by atoms with Crippen molar-refractivity contribution < 1.29 is 13.2 Å². The fourth-order valence-electron chi connectivity index (χ4n) is 2.00. The minimum absolute atomic E-state index is 0.0462. The van der Waals surface area contributed by atoms with E-state index in [1.54, 1.807) is 6.92 Å². The maximum Gasteiger partial charge on any atom is 0.273 e. The van der Waals surface area contributed by atoms with Gasteiger partial charge in [-0.25, -0.2) is 8.42 Å². The molecule has 0 saturated heterocycles. The molecule has 0 bridgehead atoms. The van der Waals surface area contributed by atoms with Crippen LogP contribution < -0.4 is 5.32 Å².